The number of ether oxygens (including phenoxy) is 1. The highest BCUT2D eigenvalue weighted by Gasteiger charge is 2.55. The molecule has 2 rings (SSSR count). The molecule has 3 nitrogen and oxygen atoms in total. The smallest absolute Gasteiger partial charge is 0.307 e. The van der Waals surface area contributed by atoms with Crippen LogP contribution in [-0.4, -0.2) is 17.7 Å². The van der Waals surface area contributed by atoms with Crippen molar-refractivity contribution in [3.05, 3.63) is 29.8 Å². The summed E-state index contributed by atoms with van der Waals surface area (Å²) in [7, 11) is 0. The minimum Gasteiger partial charge on any atom is -0.494 e. The van der Waals surface area contributed by atoms with Crippen molar-refractivity contribution >= 4 is 5.97 Å². The molecule has 0 saturated heterocycles. The third-order valence-corrected chi connectivity index (χ3v) is 3.52. The second-order valence-corrected chi connectivity index (χ2v) is 4.89. The van der Waals surface area contributed by atoms with E-state index < -0.39 is 5.97 Å². The van der Waals surface area contributed by atoms with Crippen LogP contribution in [0.4, 0.5) is 0 Å². The van der Waals surface area contributed by atoms with Crippen LogP contribution in [-0.2, 0) is 10.2 Å². The van der Waals surface area contributed by atoms with E-state index in [0.717, 1.165) is 24.2 Å². The Hall–Kier alpha value is -1.51. The van der Waals surface area contributed by atoms with Gasteiger partial charge in [0.15, 0.2) is 0 Å². The van der Waals surface area contributed by atoms with Gasteiger partial charge in [0.2, 0.25) is 0 Å². The van der Waals surface area contributed by atoms with Gasteiger partial charge in [-0.15, -0.1) is 0 Å². The van der Waals surface area contributed by atoms with Gasteiger partial charge in [0.25, 0.3) is 0 Å². The topological polar surface area (TPSA) is 46.5 Å². The molecule has 0 radical (unpaired) electrons. The Labute approximate surface area is 101 Å². The van der Waals surface area contributed by atoms with Crippen LogP contribution in [0.25, 0.3) is 0 Å². The summed E-state index contributed by atoms with van der Waals surface area (Å²) in [5, 5.41) is 9.00. The van der Waals surface area contributed by atoms with Gasteiger partial charge in [-0.25, -0.2) is 0 Å². The molecule has 17 heavy (non-hydrogen) atoms. The van der Waals surface area contributed by atoms with Gasteiger partial charge in [-0.05, 0) is 30.5 Å². The summed E-state index contributed by atoms with van der Waals surface area (Å²) in [5.41, 5.74) is 0.906. The fourth-order valence-electron chi connectivity index (χ4n) is 2.20. The molecule has 1 aromatic carbocycles. The lowest BCUT2D eigenvalue weighted by atomic mass is 9.95. The number of carboxylic acids is 1. The summed E-state index contributed by atoms with van der Waals surface area (Å²) in [6.07, 6.45) is 1.72. The average molecular weight is 234 g/mol. The van der Waals surface area contributed by atoms with Gasteiger partial charge in [-0.3, -0.25) is 4.79 Å². The van der Waals surface area contributed by atoms with E-state index in [-0.39, 0.29) is 11.3 Å². The van der Waals surface area contributed by atoms with Gasteiger partial charge in [0.05, 0.1) is 12.5 Å². The number of aliphatic carboxylic acids is 1. The van der Waals surface area contributed by atoms with E-state index in [2.05, 4.69) is 6.92 Å². The van der Waals surface area contributed by atoms with Crippen LogP contribution in [0.15, 0.2) is 24.3 Å². The van der Waals surface area contributed by atoms with Crippen molar-refractivity contribution in [2.24, 2.45) is 5.92 Å². The number of benzene rings is 1. The Morgan fingerprint density at radius 1 is 1.47 bits per heavy atom. The van der Waals surface area contributed by atoms with Gasteiger partial charge < -0.3 is 9.84 Å². The van der Waals surface area contributed by atoms with Gasteiger partial charge in [0.1, 0.15) is 5.75 Å². The highest BCUT2D eigenvalue weighted by atomic mass is 16.5. The molecular formula is C14H18O3. The third-order valence-electron chi connectivity index (χ3n) is 3.52. The van der Waals surface area contributed by atoms with E-state index in [1.54, 1.807) is 0 Å². The molecule has 1 saturated carbocycles. The van der Waals surface area contributed by atoms with Crippen molar-refractivity contribution in [3.8, 4) is 5.75 Å². The molecule has 2 unspecified atom stereocenters. The fraction of sp³-hybridized carbons (Fsp3) is 0.500. The van der Waals surface area contributed by atoms with Crippen LogP contribution in [0.5, 0.6) is 5.75 Å². The normalized spacial score (nSPS) is 26.6. The standard InChI is InChI=1S/C14H18O3/c1-3-8-17-11-6-4-10(5-7-11)14(2)9-12(14)13(15)16/h4-7,12H,3,8-9H2,1-2H3,(H,15,16). The van der Waals surface area contributed by atoms with Crippen LogP contribution < -0.4 is 4.74 Å². The van der Waals surface area contributed by atoms with Gasteiger partial charge in [-0.2, -0.15) is 0 Å². The first-order valence-corrected chi connectivity index (χ1v) is 6.04. The first-order chi connectivity index (χ1) is 8.08. The monoisotopic (exact) mass is 234 g/mol. The summed E-state index contributed by atoms with van der Waals surface area (Å²) in [4.78, 5) is 10.9. The van der Waals surface area contributed by atoms with Gasteiger partial charge >= 0.3 is 5.97 Å². The first-order valence-electron chi connectivity index (χ1n) is 6.04. The number of carbonyl (C=O) groups is 1. The molecule has 1 aliphatic carbocycles. The zero-order valence-corrected chi connectivity index (χ0v) is 10.3. The minimum atomic E-state index is -0.696. The van der Waals surface area contributed by atoms with Crippen LogP contribution in [0.1, 0.15) is 32.3 Å². The Bertz CT molecular complexity index is 410. The maximum atomic E-state index is 10.9. The van der Waals surface area contributed by atoms with Crippen LogP contribution in [0, 0.1) is 5.92 Å². The highest BCUT2D eigenvalue weighted by Crippen LogP contribution is 2.54. The largest absolute Gasteiger partial charge is 0.494 e. The molecule has 0 heterocycles. The summed E-state index contributed by atoms with van der Waals surface area (Å²) in [5.74, 6) is -0.0737. The average Bonchev–Trinajstić information content (AvgIpc) is 3.01. The summed E-state index contributed by atoms with van der Waals surface area (Å²) < 4.78 is 5.50. The van der Waals surface area contributed by atoms with E-state index >= 15 is 0 Å². The predicted octanol–water partition coefficient (Wildman–Crippen LogP) is 2.84. The number of hydrogen-bond acceptors (Lipinski definition) is 2. The molecule has 92 valence electrons. The molecule has 0 bridgehead atoms. The summed E-state index contributed by atoms with van der Waals surface area (Å²) >= 11 is 0. The lowest BCUT2D eigenvalue weighted by molar-refractivity contribution is -0.138. The Balaban J connectivity index is 2.06. The number of carboxylic acid groups (broad SMARTS) is 1. The highest BCUT2D eigenvalue weighted by molar-refractivity contribution is 5.77. The third kappa shape index (κ3) is 2.28. The van der Waals surface area contributed by atoms with Crippen molar-refractivity contribution in [1.29, 1.82) is 0 Å². The van der Waals surface area contributed by atoms with E-state index in [4.69, 9.17) is 9.84 Å². The van der Waals surface area contributed by atoms with Crippen molar-refractivity contribution in [3.63, 3.8) is 0 Å². The quantitative estimate of drug-likeness (QED) is 0.852. The summed E-state index contributed by atoms with van der Waals surface area (Å²) in [6.45, 7) is 4.79. The molecule has 3 heteroatoms. The summed E-state index contributed by atoms with van der Waals surface area (Å²) in [6, 6.07) is 7.81. The zero-order chi connectivity index (χ0) is 12.5. The van der Waals surface area contributed by atoms with Gasteiger partial charge in [0, 0.05) is 5.41 Å². The van der Waals surface area contributed by atoms with E-state index in [1.807, 2.05) is 31.2 Å². The van der Waals surface area contributed by atoms with Crippen LogP contribution >= 0.6 is 0 Å². The lowest BCUT2D eigenvalue weighted by Crippen LogP contribution is -2.10. The van der Waals surface area contributed by atoms with Crippen molar-refractivity contribution < 1.29 is 14.6 Å². The molecule has 0 aliphatic heterocycles. The molecule has 0 amide bonds. The van der Waals surface area contributed by atoms with E-state index in [9.17, 15) is 4.79 Å². The van der Waals surface area contributed by atoms with Crippen molar-refractivity contribution in [1.82, 2.24) is 0 Å². The Morgan fingerprint density at radius 3 is 2.59 bits per heavy atom. The molecule has 2 atom stereocenters. The Morgan fingerprint density at radius 2 is 2.12 bits per heavy atom. The maximum Gasteiger partial charge on any atom is 0.307 e. The molecule has 1 aromatic rings. The van der Waals surface area contributed by atoms with Crippen LogP contribution in [0.3, 0.4) is 0 Å². The van der Waals surface area contributed by atoms with Crippen molar-refractivity contribution in [2.45, 2.75) is 32.1 Å². The SMILES string of the molecule is CCCOc1ccc(C2(C)CC2C(=O)O)cc1. The molecule has 1 N–H and O–H groups in total. The van der Waals surface area contributed by atoms with Gasteiger partial charge in [-0.1, -0.05) is 26.0 Å². The van der Waals surface area contributed by atoms with Crippen LogP contribution in [0.2, 0.25) is 0 Å². The minimum absolute atomic E-state index is 0.185. The first kappa shape index (κ1) is 12.0. The fourth-order valence-corrected chi connectivity index (χ4v) is 2.20. The molecule has 0 aromatic heterocycles. The molecule has 1 aliphatic rings. The number of hydrogen-bond donors (Lipinski definition) is 1. The Kier molecular flexibility index (Phi) is 3.09. The second-order valence-electron chi connectivity index (χ2n) is 4.89. The lowest BCUT2D eigenvalue weighted by Gasteiger charge is -2.11. The molecule has 0 spiro atoms. The van der Waals surface area contributed by atoms with E-state index in [1.165, 1.54) is 0 Å². The van der Waals surface area contributed by atoms with E-state index in [0.29, 0.717) is 6.61 Å². The zero-order valence-electron chi connectivity index (χ0n) is 10.3. The second kappa shape index (κ2) is 4.40. The molecule has 1 fully saturated rings. The number of rotatable bonds is 5. The maximum absolute atomic E-state index is 10.9. The molecular weight excluding hydrogens is 216 g/mol. The van der Waals surface area contributed by atoms with Crippen molar-refractivity contribution in [2.75, 3.05) is 6.61 Å². The predicted molar refractivity (Wildman–Crippen MR) is 65.3 cm³/mol.